The second kappa shape index (κ2) is 7.10. The SMILES string of the molecule is CC(F)(F)CCC(=O)N1CCC2(CC1)CC(Cc1ccccc1)=NO2. The summed E-state index contributed by atoms with van der Waals surface area (Å²) in [5, 5.41) is 4.26. The van der Waals surface area contributed by atoms with Crippen molar-refractivity contribution in [1.29, 1.82) is 0 Å². The van der Waals surface area contributed by atoms with Gasteiger partial charge in [-0.2, -0.15) is 0 Å². The van der Waals surface area contributed by atoms with Crippen molar-refractivity contribution < 1.29 is 18.4 Å². The van der Waals surface area contributed by atoms with Crippen LogP contribution in [-0.2, 0) is 16.1 Å². The summed E-state index contributed by atoms with van der Waals surface area (Å²) < 4.78 is 25.8. The lowest BCUT2D eigenvalue weighted by Gasteiger charge is -2.37. The van der Waals surface area contributed by atoms with Gasteiger partial charge in [-0.1, -0.05) is 35.5 Å². The first-order chi connectivity index (χ1) is 11.9. The number of hydrogen-bond acceptors (Lipinski definition) is 3. The molecule has 1 aromatic carbocycles. The molecular formula is C19H24F2N2O2. The van der Waals surface area contributed by atoms with Crippen molar-refractivity contribution in [2.75, 3.05) is 13.1 Å². The number of alkyl halides is 2. The van der Waals surface area contributed by atoms with E-state index in [9.17, 15) is 13.6 Å². The van der Waals surface area contributed by atoms with Gasteiger partial charge in [0.2, 0.25) is 11.8 Å². The molecule has 0 bridgehead atoms. The molecule has 2 heterocycles. The number of carbonyl (C=O) groups excluding carboxylic acids is 1. The van der Waals surface area contributed by atoms with Gasteiger partial charge in [0.25, 0.3) is 0 Å². The van der Waals surface area contributed by atoms with Gasteiger partial charge >= 0.3 is 0 Å². The van der Waals surface area contributed by atoms with E-state index in [2.05, 4.69) is 17.3 Å². The molecule has 0 aliphatic carbocycles. The maximum Gasteiger partial charge on any atom is 0.245 e. The van der Waals surface area contributed by atoms with Crippen LogP contribution >= 0.6 is 0 Å². The number of halogens is 2. The largest absolute Gasteiger partial charge is 0.389 e. The van der Waals surface area contributed by atoms with E-state index < -0.39 is 12.3 Å². The lowest BCUT2D eigenvalue weighted by atomic mass is 9.85. The van der Waals surface area contributed by atoms with E-state index in [0.717, 1.165) is 25.5 Å². The van der Waals surface area contributed by atoms with Crippen LogP contribution in [0.5, 0.6) is 0 Å². The van der Waals surface area contributed by atoms with Crippen LogP contribution in [0.4, 0.5) is 8.78 Å². The fourth-order valence-electron chi connectivity index (χ4n) is 3.44. The van der Waals surface area contributed by atoms with Gasteiger partial charge < -0.3 is 9.74 Å². The third kappa shape index (κ3) is 4.77. The molecule has 1 spiro atoms. The highest BCUT2D eigenvalue weighted by atomic mass is 19.3. The maximum atomic E-state index is 12.9. The summed E-state index contributed by atoms with van der Waals surface area (Å²) in [6.07, 6.45) is 2.45. The minimum Gasteiger partial charge on any atom is -0.389 e. The number of nitrogens with zero attached hydrogens (tertiary/aromatic N) is 2. The van der Waals surface area contributed by atoms with E-state index in [-0.39, 0.29) is 17.9 Å². The van der Waals surface area contributed by atoms with Crippen molar-refractivity contribution in [2.24, 2.45) is 5.16 Å². The van der Waals surface area contributed by atoms with Crippen LogP contribution in [0, 0.1) is 0 Å². The number of rotatable bonds is 5. The average Bonchev–Trinajstić information content (AvgIpc) is 2.96. The molecule has 0 unspecified atom stereocenters. The second-order valence-electron chi connectivity index (χ2n) is 7.22. The Kier molecular flexibility index (Phi) is 5.06. The van der Waals surface area contributed by atoms with Crippen molar-refractivity contribution in [3.05, 3.63) is 35.9 Å². The minimum absolute atomic E-state index is 0.104. The molecule has 0 atom stereocenters. The van der Waals surface area contributed by atoms with Crippen LogP contribution in [0.3, 0.4) is 0 Å². The minimum atomic E-state index is -2.79. The summed E-state index contributed by atoms with van der Waals surface area (Å²) in [4.78, 5) is 19.5. The van der Waals surface area contributed by atoms with Crippen LogP contribution in [0.25, 0.3) is 0 Å². The predicted octanol–water partition coefficient (Wildman–Crippen LogP) is 3.80. The Bertz CT molecular complexity index is 633. The van der Waals surface area contributed by atoms with Crippen LogP contribution in [0.15, 0.2) is 35.5 Å². The van der Waals surface area contributed by atoms with Crippen LogP contribution in [0.2, 0.25) is 0 Å². The van der Waals surface area contributed by atoms with Gasteiger partial charge in [0.1, 0.15) is 5.60 Å². The molecule has 2 aliphatic rings. The number of hydrogen-bond donors (Lipinski definition) is 0. The van der Waals surface area contributed by atoms with Gasteiger partial charge in [-0.05, 0) is 12.5 Å². The number of amides is 1. The highest BCUT2D eigenvalue weighted by molar-refractivity contribution is 5.88. The van der Waals surface area contributed by atoms with Gasteiger partial charge in [-0.15, -0.1) is 0 Å². The fourth-order valence-corrected chi connectivity index (χ4v) is 3.44. The molecule has 2 aliphatic heterocycles. The van der Waals surface area contributed by atoms with E-state index in [1.807, 2.05) is 18.2 Å². The molecule has 0 N–H and O–H groups in total. The summed E-state index contributed by atoms with van der Waals surface area (Å²) in [5.41, 5.74) is 1.90. The number of carbonyl (C=O) groups is 1. The molecule has 0 saturated carbocycles. The van der Waals surface area contributed by atoms with E-state index in [1.54, 1.807) is 4.90 Å². The summed E-state index contributed by atoms with van der Waals surface area (Å²) in [5.74, 6) is -2.98. The molecule has 1 saturated heterocycles. The monoisotopic (exact) mass is 350 g/mol. The van der Waals surface area contributed by atoms with Gasteiger partial charge in [-0.25, -0.2) is 8.78 Å². The van der Waals surface area contributed by atoms with Crippen LogP contribution in [-0.4, -0.2) is 41.1 Å². The number of benzene rings is 1. The number of likely N-dealkylation sites (tertiary alicyclic amines) is 1. The lowest BCUT2D eigenvalue weighted by Crippen LogP contribution is -2.47. The Morgan fingerprint density at radius 3 is 2.60 bits per heavy atom. The molecule has 1 fully saturated rings. The third-order valence-corrected chi connectivity index (χ3v) is 4.95. The molecule has 6 heteroatoms. The summed E-state index contributed by atoms with van der Waals surface area (Å²) >= 11 is 0. The zero-order valence-electron chi connectivity index (χ0n) is 14.5. The van der Waals surface area contributed by atoms with E-state index in [4.69, 9.17) is 4.84 Å². The first-order valence-corrected chi connectivity index (χ1v) is 8.79. The Labute approximate surface area is 146 Å². The number of piperidine rings is 1. The molecule has 136 valence electrons. The normalized spacial score (nSPS) is 19.6. The number of oxime groups is 1. The zero-order chi connectivity index (χ0) is 17.9. The molecule has 0 radical (unpaired) electrons. The topological polar surface area (TPSA) is 41.9 Å². The fraction of sp³-hybridized carbons (Fsp3) is 0.579. The quantitative estimate of drug-likeness (QED) is 0.810. The summed E-state index contributed by atoms with van der Waals surface area (Å²) in [6.45, 7) is 1.94. The highest BCUT2D eigenvalue weighted by Crippen LogP contribution is 2.35. The lowest BCUT2D eigenvalue weighted by molar-refractivity contribution is -0.138. The molecule has 1 amide bonds. The van der Waals surface area contributed by atoms with Crippen molar-refractivity contribution in [3.63, 3.8) is 0 Å². The van der Waals surface area contributed by atoms with Gasteiger partial charge in [-0.3, -0.25) is 4.79 Å². The van der Waals surface area contributed by atoms with Crippen molar-refractivity contribution in [2.45, 2.75) is 57.0 Å². The van der Waals surface area contributed by atoms with Gasteiger partial charge in [0, 0.05) is 51.6 Å². The zero-order valence-corrected chi connectivity index (χ0v) is 14.5. The molecular weight excluding hydrogens is 326 g/mol. The molecule has 25 heavy (non-hydrogen) atoms. The Morgan fingerprint density at radius 1 is 1.28 bits per heavy atom. The molecule has 1 aromatic rings. The smallest absolute Gasteiger partial charge is 0.245 e. The van der Waals surface area contributed by atoms with E-state index in [1.165, 1.54) is 5.56 Å². The highest BCUT2D eigenvalue weighted by Gasteiger charge is 2.42. The van der Waals surface area contributed by atoms with Gasteiger partial charge in [0.15, 0.2) is 0 Å². The first kappa shape index (κ1) is 17.8. The van der Waals surface area contributed by atoms with Gasteiger partial charge in [0.05, 0.1) is 5.71 Å². The summed E-state index contributed by atoms with van der Waals surface area (Å²) in [6, 6.07) is 10.1. The Morgan fingerprint density at radius 2 is 1.96 bits per heavy atom. The predicted molar refractivity (Wildman–Crippen MR) is 91.7 cm³/mol. The van der Waals surface area contributed by atoms with E-state index >= 15 is 0 Å². The second-order valence-corrected chi connectivity index (χ2v) is 7.22. The summed E-state index contributed by atoms with van der Waals surface area (Å²) in [7, 11) is 0. The first-order valence-electron chi connectivity index (χ1n) is 8.79. The van der Waals surface area contributed by atoms with Crippen LogP contribution < -0.4 is 0 Å². The molecule has 3 rings (SSSR count). The average molecular weight is 350 g/mol. The maximum absolute atomic E-state index is 12.9. The van der Waals surface area contributed by atoms with Crippen molar-refractivity contribution >= 4 is 11.6 Å². The van der Waals surface area contributed by atoms with Crippen molar-refractivity contribution in [3.8, 4) is 0 Å². The molecule has 4 nitrogen and oxygen atoms in total. The van der Waals surface area contributed by atoms with E-state index in [0.29, 0.717) is 25.9 Å². The van der Waals surface area contributed by atoms with Crippen LogP contribution in [0.1, 0.15) is 44.6 Å². The Balaban J connectivity index is 1.47. The van der Waals surface area contributed by atoms with Crippen molar-refractivity contribution in [1.82, 2.24) is 4.90 Å². The Hall–Kier alpha value is -1.98. The third-order valence-electron chi connectivity index (χ3n) is 4.95. The molecule has 0 aromatic heterocycles. The standard InChI is InChI=1S/C19H24F2N2O2/c1-18(20,21)8-7-17(24)23-11-9-19(10-12-23)14-16(22-25-19)13-15-5-3-2-4-6-15/h2-6H,7-14H2,1H3.